The van der Waals surface area contributed by atoms with Crippen LogP contribution in [-0.2, 0) is 16.1 Å². The van der Waals surface area contributed by atoms with Gasteiger partial charge in [0.15, 0.2) is 6.10 Å². The highest BCUT2D eigenvalue weighted by atomic mass is 16.4. The molecule has 0 fully saturated rings. The van der Waals surface area contributed by atoms with E-state index in [4.69, 9.17) is 10.2 Å². The summed E-state index contributed by atoms with van der Waals surface area (Å²) >= 11 is 0. The lowest BCUT2D eigenvalue weighted by Crippen LogP contribution is -2.32. The zero-order valence-corrected chi connectivity index (χ0v) is 10.4. The molecule has 0 aromatic carbocycles. The van der Waals surface area contributed by atoms with Gasteiger partial charge < -0.3 is 15.5 Å². The Hall–Kier alpha value is -1.89. The molecule has 100 valence electrons. The fourth-order valence-electron chi connectivity index (χ4n) is 1.50. The summed E-state index contributed by atoms with van der Waals surface area (Å²) in [6, 6.07) is 1.86. The molecule has 7 nitrogen and oxygen atoms in total. The van der Waals surface area contributed by atoms with Crippen LogP contribution in [0, 0.1) is 13.8 Å². The lowest BCUT2D eigenvalue weighted by atomic mass is 10.2. The fourth-order valence-corrected chi connectivity index (χ4v) is 1.50. The number of nitrogens with zero attached hydrogens (tertiary/aromatic N) is 2. The molecule has 1 atom stereocenters. The number of aliphatic hydroxyl groups excluding tert-OH is 1. The van der Waals surface area contributed by atoms with Crippen molar-refractivity contribution in [1.82, 2.24) is 15.1 Å². The molecule has 0 radical (unpaired) electrons. The molecule has 1 unspecified atom stereocenters. The van der Waals surface area contributed by atoms with Crippen LogP contribution < -0.4 is 5.32 Å². The number of hydrogen-bond acceptors (Lipinski definition) is 4. The summed E-state index contributed by atoms with van der Waals surface area (Å²) in [5, 5.41) is 24.1. The van der Waals surface area contributed by atoms with Gasteiger partial charge >= 0.3 is 5.97 Å². The van der Waals surface area contributed by atoms with Crippen LogP contribution in [0.2, 0.25) is 0 Å². The van der Waals surface area contributed by atoms with Crippen molar-refractivity contribution in [1.29, 1.82) is 0 Å². The third-order valence-electron chi connectivity index (χ3n) is 2.42. The quantitative estimate of drug-likeness (QED) is 0.632. The van der Waals surface area contributed by atoms with Crippen LogP contribution in [0.1, 0.15) is 17.8 Å². The van der Waals surface area contributed by atoms with Crippen molar-refractivity contribution in [3.8, 4) is 0 Å². The Morgan fingerprint density at radius 3 is 2.67 bits per heavy atom. The highest BCUT2D eigenvalue weighted by Gasteiger charge is 2.13. The maximum absolute atomic E-state index is 11.5. The number of aryl methyl sites for hydroxylation is 2. The van der Waals surface area contributed by atoms with E-state index in [1.807, 2.05) is 19.9 Å². The normalized spacial score (nSPS) is 12.2. The topological polar surface area (TPSA) is 104 Å². The van der Waals surface area contributed by atoms with Crippen LogP contribution in [0.5, 0.6) is 0 Å². The third-order valence-corrected chi connectivity index (χ3v) is 2.42. The van der Waals surface area contributed by atoms with E-state index in [0.29, 0.717) is 0 Å². The number of carbonyl (C=O) groups excluding carboxylic acids is 1. The Morgan fingerprint density at radius 1 is 1.50 bits per heavy atom. The Kier molecular flexibility index (Phi) is 4.85. The number of aliphatic hydroxyl groups is 1. The highest BCUT2D eigenvalue weighted by molar-refractivity contribution is 5.76. The number of hydrogen-bond donors (Lipinski definition) is 3. The molecular formula is C11H17N3O4. The number of aromatic nitrogens is 2. The molecule has 0 aliphatic heterocycles. The summed E-state index contributed by atoms with van der Waals surface area (Å²) in [6.07, 6.45) is -1.46. The zero-order valence-electron chi connectivity index (χ0n) is 10.4. The Labute approximate surface area is 104 Å². The highest BCUT2D eigenvalue weighted by Crippen LogP contribution is 2.01. The van der Waals surface area contributed by atoms with Crippen LogP contribution in [0.25, 0.3) is 0 Å². The number of nitrogens with one attached hydrogen (secondary N) is 1. The molecule has 0 spiro atoms. The van der Waals surface area contributed by atoms with Gasteiger partial charge in [-0.3, -0.25) is 9.48 Å². The molecule has 1 aromatic rings. The predicted octanol–water partition coefficient (Wildman–Crippen LogP) is -0.548. The molecule has 0 saturated heterocycles. The molecular weight excluding hydrogens is 238 g/mol. The van der Waals surface area contributed by atoms with E-state index in [9.17, 15) is 9.59 Å². The van der Waals surface area contributed by atoms with Crippen LogP contribution in [-0.4, -0.2) is 44.5 Å². The SMILES string of the molecule is Cc1cc(C)n(CC(=O)NCCC(O)C(=O)O)n1. The van der Waals surface area contributed by atoms with Crippen LogP contribution in [0.4, 0.5) is 0 Å². The number of amides is 1. The Morgan fingerprint density at radius 2 is 2.17 bits per heavy atom. The molecule has 0 aliphatic carbocycles. The molecule has 1 heterocycles. The molecule has 0 aliphatic rings. The molecule has 3 N–H and O–H groups in total. The average molecular weight is 255 g/mol. The molecule has 18 heavy (non-hydrogen) atoms. The monoisotopic (exact) mass is 255 g/mol. The number of carboxylic acids is 1. The summed E-state index contributed by atoms with van der Waals surface area (Å²) in [6.45, 7) is 3.89. The van der Waals surface area contributed by atoms with E-state index in [0.717, 1.165) is 11.4 Å². The van der Waals surface area contributed by atoms with E-state index in [1.165, 1.54) is 0 Å². The summed E-state index contributed by atoms with van der Waals surface area (Å²) in [5.74, 6) is -1.55. The second kappa shape index (κ2) is 6.15. The molecule has 0 saturated carbocycles. The van der Waals surface area contributed by atoms with Gasteiger partial charge in [0.25, 0.3) is 0 Å². The van der Waals surface area contributed by atoms with E-state index in [-0.39, 0.29) is 25.4 Å². The number of rotatable bonds is 6. The van der Waals surface area contributed by atoms with Crippen molar-refractivity contribution >= 4 is 11.9 Å². The maximum atomic E-state index is 11.5. The van der Waals surface area contributed by atoms with Gasteiger partial charge in [0.2, 0.25) is 5.91 Å². The zero-order chi connectivity index (χ0) is 13.7. The van der Waals surface area contributed by atoms with Crippen molar-refractivity contribution in [2.45, 2.75) is 32.9 Å². The van der Waals surface area contributed by atoms with Crippen LogP contribution >= 0.6 is 0 Å². The third kappa shape index (κ3) is 4.17. The molecule has 7 heteroatoms. The van der Waals surface area contributed by atoms with Gasteiger partial charge in [0.05, 0.1) is 5.69 Å². The maximum Gasteiger partial charge on any atom is 0.332 e. The molecule has 0 bridgehead atoms. The summed E-state index contributed by atoms with van der Waals surface area (Å²) < 4.78 is 1.57. The van der Waals surface area contributed by atoms with Crippen LogP contribution in [0.3, 0.4) is 0 Å². The Bertz CT molecular complexity index is 441. The minimum atomic E-state index is -1.45. The summed E-state index contributed by atoms with van der Waals surface area (Å²) in [7, 11) is 0. The van der Waals surface area contributed by atoms with Gasteiger partial charge in [-0.25, -0.2) is 4.79 Å². The smallest absolute Gasteiger partial charge is 0.332 e. The molecule has 1 amide bonds. The first-order valence-corrected chi connectivity index (χ1v) is 5.58. The Balaban J connectivity index is 2.34. The van der Waals surface area contributed by atoms with Gasteiger partial charge in [-0.05, 0) is 19.9 Å². The van der Waals surface area contributed by atoms with Crippen molar-refractivity contribution in [2.75, 3.05) is 6.54 Å². The summed E-state index contributed by atoms with van der Waals surface area (Å²) in [4.78, 5) is 21.9. The first kappa shape index (κ1) is 14.2. The standard InChI is InChI=1S/C11H17N3O4/c1-7-5-8(2)14(13-7)6-10(16)12-4-3-9(15)11(17)18/h5,9,15H,3-4,6H2,1-2H3,(H,12,16)(H,17,18). The lowest BCUT2D eigenvalue weighted by Gasteiger charge is -2.08. The van der Waals surface area contributed by atoms with E-state index in [1.54, 1.807) is 4.68 Å². The van der Waals surface area contributed by atoms with Gasteiger partial charge in [0.1, 0.15) is 6.54 Å². The van der Waals surface area contributed by atoms with Crippen molar-refractivity contribution in [3.05, 3.63) is 17.5 Å². The fraction of sp³-hybridized carbons (Fsp3) is 0.545. The van der Waals surface area contributed by atoms with Crippen molar-refractivity contribution < 1.29 is 19.8 Å². The minimum Gasteiger partial charge on any atom is -0.479 e. The first-order valence-electron chi connectivity index (χ1n) is 5.58. The lowest BCUT2D eigenvalue weighted by molar-refractivity contribution is -0.147. The number of aliphatic carboxylic acids is 1. The van der Waals surface area contributed by atoms with Gasteiger partial charge in [0, 0.05) is 18.7 Å². The number of carbonyl (C=O) groups is 2. The second-order valence-electron chi connectivity index (χ2n) is 4.08. The van der Waals surface area contributed by atoms with E-state index < -0.39 is 12.1 Å². The average Bonchev–Trinajstić information content (AvgIpc) is 2.57. The van der Waals surface area contributed by atoms with Crippen molar-refractivity contribution in [2.24, 2.45) is 0 Å². The van der Waals surface area contributed by atoms with Crippen LogP contribution in [0.15, 0.2) is 6.07 Å². The van der Waals surface area contributed by atoms with Gasteiger partial charge in [-0.15, -0.1) is 0 Å². The predicted molar refractivity (Wildman–Crippen MR) is 63.0 cm³/mol. The first-order chi connectivity index (χ1) is 8.40. The molecule has 1 aromatic heterocycles. The van der Waals surface area contributed by atoms with Gasteiger partial charge in [-0.2, -0.15) is 5.10 Å². The van der Waals surface area contributed by atoms with E-state index >= 15 is 0 Å². The minimum absolute atomic E-state index is 0.0157. The second-order valence-corrected chi connectivity index (χ2v) is 4.08. The largest absolute Gasteiger partial charge is 0.479 e. The van der Waals surface area contributed by atoms with Gasteiger partial charge in [-0.1, -0.05) is 0 Å². The summed E-state index contributed by atoms with van der Waals surface area (Å²) in [5.41, 5.74) is 1.72. The molecule has 1 rings (SSSR count). The number of carboxylic acid groups (broad SMARTS) is 1. The van der Waals surface area contributed by atoms with E-state index in [2.05, 4.69) is 10.4 Å². The van der Waals surface area contributed by atoms with Crippen molar-refractivity contribution in [3.63, 3.8) is 0 Å².